The van der Waals surface area contributed by atoms with Gasteiger partial charge in [-0.1, -0.05) is 0 Å². The number of rotatable bonds is 10. The fourth-order valence-corrected chi connectivity index (χ4v) is 13.8. The second-order valence-corrected chi connectivity index (χ2v) is 30.4. The fourth-order valence-electron chi connectivity index (χ4n) is 0.510. The van der Waals surface area contributed by atoms with E-state index in [0.717, 1.165) is 0 Å². The Morgan fingerprint density at radius 3 is 0.234 bits per heavy atom. The Morgan fingerprint density at radius 2 is 0.234 bits per heavy atom. The van der Waals surface area contributed by atoms with E-state index in [1.165, 1.54) is 0 Å². The van der Waals surface area contributed by atoms with Crippen LogP contribution >= 0.6 is 0 Å². The van der Waals surface area contributed by atoms with Gasteiger partial charge < -0.3 is 0 Å². The standard InChI is InChI=1S/2Nb.5H2O7Se2/c;;5*1-8(2,3)7-9(4,5)6/h;;5*(H,1,2,3)(H,4,5,6)/q2*+5;;;;;/p-10. The van der Waals surface area contributed by atoms with Gasteiger partial charge in [-0.2, -0.15) is 0 Å². The summed E-state index contributed by atoms with van der Waals surface area (Å²) in [4.78, 5) is 0. The van der Waals surface area contributed by atoms with Gasteiger partial charge in [0, 0.05) is 0 Å². The van der Waals surface area contributed by atoms with E-state index in [4.69, 9.17) is 0 Å². The van der Waals surface area contributed by atoms with Crippen molar-refractivity contribution in [1.82, 2.24) is 0 Å². The van der Waals surface area contributed by atoms with Crippen molar-refractivity contribution in [2.75, 3.05) is 0 Å². The summed E-state index contributed by atoms with van der Waals surface area (Å²) in [5.74, 6) is 0. The second kappa shape index (κ2) is 23.7. The van der Waals surface area contributed by atoms with Crippen LogP contribution in [0, 0.1) is 0 Å². The van der Waals surface area contributed by atoms with Gasteiger partial charge in [0.15, 0.2) is 0 Å². The maximum Gasteiger partial charge on any atom is 5.00 e. The SMILES string of the molecule is O=[Se](=O)([O-])O[Se](=O)(=O)[O-].O=[Se](=O)([O-])O[Se](=O)(=O)[O-].O=[Se](=O)([O-])O[Se](=O)(=O)[O-].O=[Se](=O)([O-])O[Se](=O)(=O)[O-].O=[Se](=O)([O-])O[Se](=O)(=O)[O-].[Nb+5].[Nb+5]. The minimum Gasteiger partial charge on any atom is 5.00 e. The third kappa shape index (κ3) is 99.2. The third-order valence-electron chi connectivity index (χ3n) is 0.833. The molecule has 0 aromatic heterocycles. The maximum absolute atomic E-state index is 9.38. The molecule has 47 heteroatoms. The van der Waals surface area contributed by atoms with E-state index in [-0.39, 0.29) is 44.8 Å². The van der Waals surface area contributed by atoms with Crippen LogP contribution in [0.15, 0.2) is 0 Å². The third-order valence-corrected chi connectivity index (χ3v) is 22.5. The van der Waals surface area contributed by atoms with Crippen molar-refractivity contribution >= 4 is 134 Å². The van der Waals surface area contributed by atoms with Crippen LogP contribution < -0.4 is 41.9 Å². The quantitative estimate of drug-likeness (QED) is 0.183. The Morgan fingerprint density at radius 1 is 0.191 bits per heavy atom. The molecule has 47 heavy (non-hydrogen) atoms. The summed E-state index contributed by atoms with van der Waals surface area (Å²) >= 11 is -60.7. The van der Waals surface area contributed by atoms with Gasteiger partial charge in [0.2, 0.25) is 0 Å². The molecule has 0 aliphatic carbocycles. The van der Waals surface area contributed by atoms with Gasteiger partial charge in [-0.15, -0.1) is 0 Å². The smallest absolute Gasteiger partial charge is 5.00 e. The van der Waals surface area contributed by atoms with E-state index >= 15 is 0 Å². The zero-order valence-corrected chi connectivity index (χ0v) is 40.8. The molecule has 0 spiro atoms. The summed E-state index contributed by atoms with van der Waals surface area (Å²) in [6.07, 6.45) is 0. The van der Waals surface area contributed by atoms with Crippen molar-refractivity contribution in [3.63, 3.8) is 0 Å². The minimum absolute atomic E-state index is 0. The Labute approximate surface area is 307 Å². The van der Waals surface area contributed by atoms with Crippen LogP contribution in [0.1, 0.15) is 0 Å². The molecule has 0 aromatic carbocycles. The Balaban J connectivity index is -0.0000000842. The summed E-state index contributed by atoms with van der Waals surface area (Å²) < 4.78 is 294. The van der Waals surface area contributed by atoms with Crippen LogP contribution in [0.25, 0.3) is 0 Å². The zero-order chi connectivity index (χ0) is 38.5. The molecule has 0 aliphatic heterocycles. The first kappa shape index (κ1) is 64.1. The van der Waals surface area contributed by atoms with Crippen molar-refractivity contribution in [2.45, 2.75) is 0 Å². The predicted molar refractivity (Wildman–Crippen MR) is 76.7 cm³/mol. The van der Waals surface area contributed by atoms with Crippen LogP contribution in [0.2, 0.25) is 0 Å². The summed E-state index contributed by atoms with van der Waals surface area (Å²) in [6, 6.07) is 0. The van der Waals surface area contributed by atoms with Crippen LogP contribution in [0.4, 0.5) is 0 Å². The van der Waals surface area contributed by atoms with Gasteiger partial charge in [0.1, 0.15) is 0 Å². The molecule has 0 rings (SSSR count). The second-order valence-electron chi connectivity index (χ2n) is 4.42. The topological polar surface area (TPSA) is 618 Å². The van der Waals surface area contributed by atoms with Crippen LogP contribution in [-0.4, -0.2) is 134 Å². The van der Waals surface area contributed by atoms with E-state index in [9.17, 15) is 119 Å². The maximum atomic E-state index is 9.38. The summed E-state index contributed by atoms with van der Waals surface area (Å²) in [5.41, 5.74) is 0. The molecule has 0 aromatic rings. The normalized spacial score (nSPS) is 13.0. The monoisotopic (exact) mass is 1540 g/mol. The van der Waals surface area contributed by atoms with Gasteiger partial charge >= 0.3 is 312 Å². The molecule has 280 valence electrons. The summed E-state index contributed by atoms with van der Waals surface area (Å²) in [7, 11) is 0. The van der Waals surface area contributed by atoms with Crippen LogP contribution in [-0.2, 0) is 136 Å². The fraction of sp³-hybridized carbons (Fsp3) is 0. The molecular formula is Nb2O35Se10. The van der Waals surface area contributed by atoms with Gasteiger partial charge in [0.05, 0.1) is 0 Å². The molecule has 0 saturated heterocycles. The van der Waals surface area contributed by atoms with Crippen molar-refractivity contribution in [3.05, 3.63) is 0 Å². The molecule has 35 nitrogen and oxygen atoms in total. The molecule has 0 saturated carbocycles. The molecule has 0 heterocycles. The van der Waals surface area contributed by atoms with E-state index in [0.29, 0.717) is 0 Å². The Hall–Kier alpha value is 2.08. The molecule has 0 bridgehead atoms. The zero-order valence-electron chi connectivity index (χ0n) is 19.3. The van der Waals surface area contributed by atoms with E-state index in [2.05, 4.69) is 14.5 Å². The summed E-state index contributed by atoms with van der Waals surface area (Å²) in [5, 5.41) is 0. The van der Waals surface area contributed by atoms with Gasteiger partial charge in [-0.05, 0) is 0 Å². The molecule has 0 N–H and O–H groups in total. The average molecular weight is 1540 g/mol. The van der Waals surface area contributed by atoms with Crippen LogP contribution in [0.3, 0.4) is 0 Å². The first-order valence-electron chi connectivity index (χ1n) is 6.67. The van der Waals surface area contributed by atoms with Crippen molar-refractivity contribution in [1.29, 1.82) is 0 Å². The molecule has 0 aliphatic rings. The molecule has 0 unspecified atom stereocenters. The van der Waals surface area contributed by atoms with Crippen molar-refractivity contribution in [3.8, 4) is 0 Å². The molecule has 0 atom stereocenters. The van der Waals surface area contributed by atoms with Gasteiger partial charge in [0.25, 0.3) is 0 Å². The minimum atomic E-state index is -6.07. The Kier molecular flexibility index (Phi) is 32.3. The molecule has 0 amide bonds. The predicted octanol–water partition coefficient (Wildman–Crippen LogP) is -18.4. The molecule has 0 radical (unpaired) electrons. The van der Waals surface area contributed by atoms with Crippen LogP contribution in [0.5, 0.6) is 0 Å². The average Bonchev–Trinajstić information content (AvgIpc) is 2.36. The van der Waals surface area contributed by atoms with E-state index in [1.807, 2.05) is 0 Å². The summed E-state index contributed by atoms with van der Waals surface area (Å²) in [6.45, 7) is 0. The van der Waals surface area contributed by atoms with E-state index in [1.54, 1.807) is 0 Å². The molecular weight excluding hydrogens is 1540 g/mol. The largest absolute Gasteiger partial charge is 5.00 e. The van der Waals surface area contributed by atoms with Crippen molar-refractivity contribution in [2.24, 2.45) is 0 Å². The molecule has 0 fully saturated rings. The Bertz CT molecular complexity index is 1530. The first-order chi connectivity index (χ1) is 18.5. The van der Waals surface area contributed by atoms with Gasteiger partial charge in [-0.3, -0.25) is 0 Å². The number of hydrogen-bond donors (Lipinski definition) is 0. The number of hydrogen-bond acceptors (Lipinski definition) is 35. The van der Waals surface area contributed by atoms with E-state index < -0.39 is 134 Å². The van der Waals surface area contributed by atoms with Gasteiger partial charge in [-0.25, -0.2) is 0 Å². The van der Waals surface area contributed by atoms with Crippen molar-refractivity contribution < 1.29 is 178 Å². The first-order valence-corrected chi connectivity index (χ1v) is 34.6.